The molecule has 0 saturated carbocycles. The van der Waals surface area contributed by atoms with E-state index in [1.807, 2.05) is 6.92 Å². The van der Waals surface area contributed by atoms with Crippen LogP contribution in [0.4, 0.5) is 0 Å². The van der Waals surface area contributed by atoms with Gasteiger partial charge in [-0.15, -0.1) is 0 Å². The molecule has 0 aromatic heterocycles. The molecule has 1 saturated heterocycles. The minimum absolute atomic E-state index is 0.00347. The first-order chi connectivity index (χ1) is 12.5. The number of carbonyl (C=O) groups excluding carboxylic acids is 4. The van der Waals surface area contributed by atoms with Gasteiger partial charge in [-0.25, -0.2) is 0 Å². The molecule has 7 heteroatoms. The SMILES string of the molecule is C[C@H](C1c2cc(C(N)=O)ccc2C(=O)N1C1CCC(=O)NC1=O)C(C)(C)C. The number of nitrogens with two attached hydrogens (primary N) is 1. The summed E-state index contributed by atoms with van der Waals surface area (Å²) < 4.78 is 0. The molecule has 2 aliphatic rings. The lowest BCUT2D eigenvalue weighted by molar-refractivity contribution is -0.137. The van der Waals surface area contributed by atoms with E-state index < -0.39 is 17.9 Å². The number of imide groups is 1. The molecule has 3 rings (SSSR count). The number of primary amides is 1. The van der Waals surface area contributed by atoms with Gasteiger partial charge >= 0.3 is 0 Å². The van der Waals surface area contributed by atoms with E-state index >= 15 is 0 Å². The van der Waals surface area contributed by atoms with E-state index in [1.54, 1.807) is 17.0 Å². The number of nitrogens with zero attached hydrogens (tertiary/aromatic N) is 1. The fourth-order valence-electron chi connectivity index (χ4n) is 3.84. The van der Waals surface area contributed by atoms with Crippen molar-refractivity contribution >= 4 is 23.6 Å². The standard InChI is InChI=1S/C20H25N3O4/c1-10(20(2,3)4)16-13-9-11(17(21)25)5-6-12(13)19(27)23(16)14-7-8-15(24)22-18(14)26/h5-6,9-10,14,16H,7-8H2,1-4H3,(H2,21,25)(H,22,24,26)/t10-,14?,16?/m1/s1. The molecule has 1 aromatic carbocycles. The summed E-state index contributed by atoms with van der Waals surface area (Å²) in [6.07, 6.45) is 0.486. The number of carbonyl (C=O) groups is 4. The molecule has 1 fully saturated rings. The van der Waals surface area contributed by atoms with E-state index in [4.69, 9.17) is 5.73 Å². The zero-order valence-corrected chi connectivity index (χ0v) is 16.0. The largest absolute Gasteiger partial charge is 0.366 e. The van der Waals surface area contributed by atoms with Crippen LogP contribution in [0.25, 0.3) is 0 Å². The van der Waals surface area contributed by atoms with Crippen molar-refractivity contribution in [3.05, 3.63) is 34.9 Å². The topological polar surface area (TPSA) is 110 Å². The third kappa shape index (κ3) is 3.22. The molecule has 1 aromatic rings. The average Bonchev–Trinajstić information content (AvgIpc) is 2.85. The molecule has 0 bridgehead atoms. The number of piperidine rings is 1. The Morgan fingerprint density at radius 1 is 1.26 bits per heavy atom. The zero-order chi connectivity index (χ0) is 20.1. The minimum Gasteiger partial charge on any atom is -0.366 e. The summed E-state index contributed by atoms with van der Waals surface area (Å²) >= 11 is 0. The highest BCUT2D eigenvalue weighted by molar-refractivity contribution is 6.06. The second kappa shape index (κ2) is 6.48. The molecular formula is C20H25N3O4. The fraction of sp³-hybridized carbons (Fsp3) is 0.500. The van der Waals surface area contributed by atoms with E-state index in [2.05, 4.69) is 26.1 Å². The summed E-state index contributed by atoms with van der Waals surface area (Å²) in [6, 6.07) is 3.71. The molecule has 3 atom stereocenters. The van der Waals surface area contributed by atoms with Gasteiger partial charge in [-0.05, 0) is 41.5 Å². The molecule has 0 radical (unpaired) electrons. The lowest BCUT2D eigenvalue weighted by Gasteiger charge is -2.41. The maximum absolute atomic E-state index is 13.2. The van der Waals surface area contributed by atoms with Crippen molar-refractivity contribution in [2.24, 2.45) is 17.1 Å². The van der Waals surface area contributed by atoms with E-state index in [-0.39, 0.29) is 35.6 Å². The average molecular weight is 371 g/mol. The highest BCUT2D eigenvalue weighted by Gasteiger charge is 2.48. The van der Waals surface area contributed by atoms with Gasteiger partial charge in [0, 0.05) is 17.5 Å². The summed E-state index contributed by atoms with van der Waals surface area (Å²) in [5.41, 5.74) is 6.79. The van der Waals surface area contributed by atoms with Gasteiger partial charge in [-0.3, -0.25) is 24.5 Å². The quantitative estimate of drug-likeness (QED) is 0.789. The van der Waals surface area contributed by atoms with Gasteiger partial charge in [-0.1, -0.05) is 27.7 Å². The van der Waals surface area contributed by atoms with E-state index in [9.17, 15) is 19.2 Å². The molecule has 4 amide bonds. The van der Waals surface area contributed by atoms with Crippen molar-refractivity contribution in [1.82, 2.24) is 10.2 Å². The molecule has 7 nitrogen and oxygen atoms in total. The molecule has 2 unspecified atom stereocenters. The van der Waals surface area contributed by atoms with E-state index in [0.29, 0.717) is 23.1 Å². The van der Waals surface area contributed by atoms with Gasteiger partial charge in [0.25, 0.3) is 5.91 Å². The number of amides is 4. The fourth-order valence-corrected chi connectivity index (χ4v) is 3.84. The molecule has 0 spiro atoms. The normalized spacial score (nSPS) is 23.9. The van der Waals surface area contributed by atoms with Crippen LogP contribution in [0.1, 0.15) is 72.9 Å². The summed E-state index contributed by atoms with van der Waals surface area (Å²) in [7, 11) is 0. The highest BCUT2D eigenvalue weighted by atomic mass is 16.2. The van der Waals surface area contributed by atoms with Crippen molar-refractivity contribution < 1.29 is 19.2 Å². The Morgan fingerprint density at radius 2 is 1.93 bits per heavy atom. The first-order valence-electron chi connectivity index (χ1n) is 9.12. The van der Waals surface area contributed by atoms with Crippen LogP contribution in [0.2, 0.25) is 0 Å². The van der Waals surface area contributed by atoms with Gasteiger partial charge in [0.1, 0.15) is 6.04 Å². The van der Waals surface area contributed by atoms with Crippen molar-refractivity contribution in [1.29, 1.82) is 0 Å². The van der Waals surface area contributed by atoms with Crippen LogP contribution >= 0.6 is 0 Å². The molecule has 27 heavy (non-hydrogen) atoms. The number of nitrogens with one attached hydrogen (secondary N) is 1. The lowest BCUT2D eigenvalue weighted by Crippen LogP contribution is -2.54. The number of rotatable bonds is 3. The van der Waals surface area contributed by atoms with Gasteiger partial charge in [0.05, 0.1) is 6.04 Å². The van der Waals surface area contributed by atoms with Crippen LogP contribution in [0.3, 0.4) is 0 Å². The number of hydrogen-bond acceptors (Lipinski definition) is 4. The van der Waals surface area contributed by atoms with Crippen LogP contribution in [0.5, 0.6) is 0 Å². The Hall–Kier alpha value is -2.70. The van der Waals surface area contributed by atoms with Gasteiger partial charge < -0.3 is 10.6 Å². The Labute approximate surface area is 158 Å². The summed E-state index contributed by atoms with van der Waals surface area (Å²) in [5.74, 6) is -1.59. The lowest BCUT2D eigenvalue weighted by atomic mass is 9.75. The minimum atomic E-state index is -0.713. The Morgan fingerprint density at radius 3 is 2.48 bits per heavy atom. The van der Waals surface area contributed by atoms with Crippen molar-refractivity contribution in [3.8, 4) is 0 Å². The monoisotopic (exact) mass is 371 g/mol. The predicted molar refractivity (Wildman–Crippen MR) is 98.7 cm³/mol. The molecule has 0 aliphatic carbocycles. The maximum Gasteiger partial charge on any atom is 0.255 e. The third-order valence-corrected chi connectivity index (χ3v) is 5.80. The zero-order valence-electron chi connectivity index (χ0n) is 16.0. The van der Waals surface area contributed by atoms with Crippen LogP contribution in [-0.2, 0) is 9.59 Å². The molecule has 2 heterocycles. The summed E-state index contributed by atoms with van der Waals surface area (Å²) in [4.78, 5) is 50.5. The Bertz CT molecular complexity index is 840. The molecule has 2 aliphatic heterocycles. The maximum atomic E-state index is 13.2. The van der Waals surface area contributed by atoms with E-state index in [0.717, 1.165) is 0 Å². The van der Waals surface area contributed by atoms with Crippen LogP contribution < -0.4 is 11.1 Å². The molecule has 144 valence electrons. The van der Waals surface area contributed by atoms with E-state index in [1.165, 1.54) is 6.07 Å². The number of fused-ring (bicyclic) bond motifs is 1. The van der Waals surface area contributed by atoms with Crippen molar-refractivity contribution in [3.63, 3.8) is 0 Å². The Kier molecular flexibility index (Phi) is 4.57. The predicted octanol–water partition coefficient (Wildman–Crippen LogP) is 1.77. The van der Waals surface area contributed by atoms with Crippen LogP contribution in [0, 0.1) is 11.3 Å². The number of benzene rings is 1. The molecule has 3 N–H and O–H groups in total. The van der Waals surface area contributed by atoms with Gasteiger partial charge in [0.15, 0.2) is 0 Å². The second-order valence-electron chi connectivity index (χ2n) is 8.45. The molecular weight excluding hydrogens is 346 g/mol. The summed E-state index contributed by atoms with van der Waals surface area (Å²) in [6.45, 7) is 8.24. The summed E-state index contributed by atoms with van der Waals surface area (Å²) in [5, 5.41) is 2.34. The Balaban J connectivity index is 2.12. The number of hydrogen-bond donors (Lipinski definition) is 2. The van der Waals surface area contributed by atoms with Gasteiger partial charge in [-0.2, -0.15) is 0 Å². The van der Waals surface area contributed by atoms with Gasteiger partial charge in [0.2, 0.25) is 17.7 Å². The third-order valence-electron chi connectivity index (χ3n) is 5.80. The highest BCUT2D eigenvalue weighted by Crippen LogP contribution is 2.47. The van der Waals surface area contributed by atoms with Crippen LogP contribution in [-0.4, -0.2) is 34.6 Å². The van der Waals surface area contributed by atoms with Crippen molar-refractivity contribution in [2.75, 3.05) is 0 Å². The second-order valence-corrected chi connectivity index (χ2v) is 8.45. The smallest absolute Gasteiger partial charge is 0.255 e. The van der Waals surface area contributed by atoms with Crippen molar-refractivity contribution in [2.45, 2.75) is 52.6 Å². The first kappa shape index (κ1) is 19.1. The van der Waals surface area contributed by atoms with Crippen LogP contribution in [0.15, 0.2) is 18.2 Å². The first-order valence-corrected chi connectivity index (χ1v) is 9.12.